The molecule has 0 aliphatic heterocycles. The number of amides is 1. The Bertz CT molecular complexity index is 1590. The molecule has 2 aromatic carbocycles. The van der Waals surface area contributed by atoms with Crippen LogP contribution in [0.15, 0.2) is 65.7 Å². The van der Waals surface area contributed by atoms with Gasteiger partial charge in [-0.2, -0.15) is 5.10 Å². The Hall–Kier alpha value is -4.20. The van der Waals surface area contributed by atoms with Crippen LogP contribution in [0.25, 0.3) is 22.4 Å². The number of hydrogen-bond donors (Lipinski definition) is 1. The van der Waals surface area contributed by atoms with Crippen LogP contribution >= 0.6 is 0 Å². The van der Waals surface area contributed by atoms with Crippen LogP contribution in [0.3, 0.4) is 0 Å². The summed E-state index contributed by atoms with van der Waals surface area (Å²) in [6.07, 6.45) is 3.34. The van der Waals surface area contributed by atoms with Crippen LogP contribution in [0.4, 0.5) is 5.69 Å². The van der Waals surface area contributed by atoms with E-state index in [2.05, 4.69) is 53.6 Å². The van der Waals surface area contributed by atoms with Gasteiger partial charge in [0, 0.05) is 23.6 Å². The Morgan fingerprint density at radius 1 is 0.971 bits per heavy atom. The molecule has 3 aromatic heterocycles. The molecule has 8 nitrogen and oxygen atoms in total. The molecule has 3 heterocycles. The van der Waals surface area contributed by atoms with Gasteiger partial charge in [-0.3, -0.25) is 4.79 Å². The molecule has 0 radical (unpaired) electrons. The molecular formula is C26H26N6O2. The number of carbonyl (C=O) groups excluding carboxylic acids is 1. The van der Waals surface area contributed by atoms with Crippen molar-refractivity contribution in [1.82, 2.24) is 23.8 Å². The number of anilines is 1. The first-order valence-corrected chi connectivity index (χ1v) is 11.2. The van der Waals surface area contributed by atoms with Crippen molar-refractivity contribution < 1.29 is 4.79 Å². The van der Waals surface area contributed by atoms with Crippen LogP contribution in [0.5, 0.6) is 0 Å². The Labute approximate surface area is 196 Å². The molecule has 0 aliphatic carbocycles. The maximum atomic E-state index is 12.9. The number of hydrogen-bond acceptors (Lipinski definition) is 4. The van der Waals surface area contributed by atoms with Crippen molar-refractivity contribution in [2.24, 2.45) is 0 Å². The number of nitrogens with one attached hydrogen (secondary N) is 1. The molecule has 0 aliphatic rings. The number of rotatable bonds is 5. The summed E-state index contributed by atoms with van der Waals surface area (Å²) in [5.41, 5.74) is 6.72. The lowest BCUT2D eigenvalue weighted by Gasteiger charge is -2.07. The van der Waals surface area contributed by atoms with Gasteiger partial charge in [-0.15, -0.1) is 5.10 Å². The fourth-order valence-electron chi connectivity index (χ4n) is 3.97. The lowest BCUT2D eigenvalue weighted by atomic mass is 10.0. The van der Waals surface area contributed by atoms with Gasteiger partial charge in [0.15, 0.2) is 5.65 Å². The Balaban J connectivity index is 1.45. The largest absolute Gasteiger partial charge is 0.350 e. The first-order chi connectivity index (χ1) is 16.3. The molecule has 5 aromatic rings. The highest BCUT2D eigenvalue weighted by Crippen LogP contribution is 2.24. The van der Waals surface area contributed by atoms with Crippen molar-refractivity contribution >= 4 is 22.8 Å². The minimum Gasteiger partial charge on any atom is -0.324 e. The quantitative estimate of drug-likeness (QED) is 0.432. The van der Waals surface area contributed by atoms with Crippen molar-refractivity contribution in [3.8, 4) is 11.3 Å². The summed E-state index contributed by atoms with van der Waals surface area (Å²) in [5.74, 6) is 0.141. The van der Waals surface area contributed by atoms with E-state index in [9.17, 15) is 9.59 Å². The maximum Gasteiger partial charge on any atom is 0.350 e. The van der Waals surface area contributed by atoms with Gasteiger partial charge < -0.3 is 5.32 Å². The predicted molar refractivity (Wildman–Crippen MR) is 132 cm³/mol. The fraction of sp³-hybridized carbons (Fsp3) is 0.231. The molecule has 0 unspecified atom stereocenters. The second kappa shape index (κ2) is 8.30. The van der Waals surface area contributed by atoms with Gasteiger partial charge in [-0.25, -0.2) is 18.4 Å². The molecule has 0 spiro atoms. The summed E-state index contributed by atoms with van der Waals surface area (Å²) in [7, 11) is 0. The summed E-state index contributed by atoms with van der Waals surface area (Å²) in [4.78, 5) is 25.5. The average Bonchev–Trinajstić information content (AvgIpc) is 3.38. The second-order valence-electron chi connectivity index (χ2n) is 8.92. The molecule has 0 atom stereocenters. The third-order valence-electron chi connectivity index (χ3n) is 6.15. The van der Waals surface area contributed by atoms with Crippen molar-refractivity contribution in [2.75, 3.05) is 5.32 Å². The SMILES string of the molecule is Cc1ccc(NC(=O)Cn2nc3c4cc(-c5ccc(C(C)C)cc5)nn4ccn3c2=O)cc1C. The average molecular weight is 455 g/mol. The van der Waals surface area contributed by atoms with Crippen molar-refractivity contribution in [2.45, 2.75) is 40.2 Å². The lowest BCUT2D eigenvalue weighted by Crippen LogP contribution is -2.28. The van der Waals surface area contributed by atoms with E-state index in [1.54, 1.807) is 16.9 Å². The summed E-state index contributed by atoms with van der Waals surface area (Å²) in [6.45, 7) is 8.14. The Morgan fingerprint density at radius 2 is 1.74 bits per heavy atom. The fourth-order valence-corrected chi connectivity index (χ4v) is 3.97. The van der Waals surface area contributed by atoms with Crippen LogP contribution in [-0.4, -0.2) is 29.7 Å². The number of fused-ring (bicyclic) bond motifs is 3. The molecule has 0 saturated heterocycles. The zero-order valence-electron chi connectivity index (χ0n) is 19.6. The molecule has 172 valence electrons. The third kappa shape index (κ3) is 3.87. The zero-order valence-corrected chi connectivity index (χ0v) is 19.6. The third-order valence-corrected chi connectivity index (χ3v) is 6.15. The molecular weight excluding hydrogens is 428 g/mol. The minimum absolute atomic E-state index is 0.183. The van der Waals surface area contributed by atoms with E-state index in [4.69, 9.17) is 0 Å². The molecule has 0 saturated carbocycles. The van der Waals surface area contributed by atoms with E-state index >= 15 is 0 Å². The predicted octanol–water partition coefficient (Wildman–Crippen LogP) is 4.19. The van der Waals surface area contributed by atoms with Crippen LogP contribution in [0.1, 0.15) is 36.5 Å². The van der Waals surface area contributed by atoms with E-state index in [0.717, 1.165) is 22.4 Å². The first-order valence-electron chi connectivity index (χ1n) is 11.2. The lowest BCUT2D eigenvalue weighted by molar-refractivity contribution is -0.117. The maximum absolute atomic E-state index is 12.9. The van der Waals surface area contributed by atoms with Gasteiger partial charge in [-0.1, -0.05) is 44.2 Å². The number of benzene rings is 2. The van der Waals surface area contributed by atoms with E-state index < -0.39 is 0 Å². The monoisotopic (exact) mass is 454 g/mol. The Kier molecular flexibility index (Phi) is 5.28. The van der Waals surface area contributed by atoms with E-state index in [1.165, 1.54) is 14.6 Å². The minimum atomic E-state index is -0.378. The molecule has 1 amide bonds. The Morgan fingerprint density at radius 3 is 2.44 bits per heavy atom. The normalized spacial score (nSPS) is 11.6. The molecule has 34 heavy (non-hydrogen) atoms. The number of aromatic nitrogens is 5. The van der Waals surface area contributed by atoms with Gasteiger partial charge in [-0.05, 0) is 54.7 Å². The number of aryl methyl sites for hydroxylation is 2. The summed E-state index contributed by atoms with van der Waals surface area (Å²) in [5, 5.41) is 11.9. The van der Waals surface area contributed by atoms with Crippen LogP contribution in [0.2, 0.25) is 0 Å². The number of carbonyl (C=O) groups is 1. The second-order valence-corrected chi connectivity index (χ2v) is 8.92. The molecule has 1 N–H and O–H groups in total. The molecule has 0 bridgehead atoms. The van der Waals surface area contributed by atoms with Gasteiger partial charge in [0.2, 0.25) is 5.91 Å². The van der Waals surface area contributed by atoms with Gasteiger partial charge in [0.05, 0.1) is 5.69 Å². The van der Waals surface area contributed by atoms with Crippen molar-refractivity contribution in [3.05, 3.63) is 88.1 Å². The highest BCUT2D eigenvalue weighted by molar-refractivity contribution is 5.90. The standard InChI is InChI=1S/C26H26N6O2/c1-16(2)19-6-8-20(9-7-19)22-14-23-25-29-32(26(34)30(25)11-12-31(23)28-22)15-24(33)27-21-10-5-17(3)18(4)13-21/h5-14,16H,15H2,1-4H3,(H,27,33). The molecule has 5 rings (SSSR count). The first kappa shape index (κ1) is 21.6. The van der Waals surface area contributed by atoms with E-state index in [-0.39, 0.29) is 18.1 Å². The van der Waals surface area contributed by atoms with Crippen LogP contribution in [-0.2, 0) is 11.3 Å². The van der Waals surface area contributed by atoms with Gasteiger partial charge in [0.25, 0.3) is 0 Å². The molecule has 0 fully saturated rings. The number of nitrogens with zero attached hydrogens (tertiary/aromatic N) is 5. The summed E-state index contributed by atoms with van der Waals surface area (Å²) < 4.78 is 4.31. The molecule has 8 heteroatoms. The highest BCUT2D eigenvalue weighted by atomic mass is 16.2. The summed E-state index contributed by atoms with van der Waals surface area (Å²) in [6, 6.07) is 15.9. The van der Waals surface area contributed by atoms with E-state index in [1.807, 2.05) is 38.1 Å². The van der Waals surface area contributed by atoms with Gasteiger partial charge in [0.1, 0.15) is 12.1 Å². The van der Waals surface area contributed by atoms with Crippen LogP contribution < -0.4 is 11.0 Å². The topological polar surface area (TPSA) is 85.7 Å². The zero-order chi connectivity index (χ0) is 24.0. The van der Waals surface area contributed by atoms with Crippen molar-refractivity contribution in [1.29, 1.82) is 0 Å². The highest BCUT2D eigenvalue weighted by Gasteiger charge is 2.16. The van der Waals surface area contributed by atoms with Gasteiger partial charge >= 0.3 is 5.69 Å². The summed E-state index contributed by atoms with van der Waals surface area (Å²) >= 11 is 0. The van der Waals surface area contributed by atoms with Crippen molar-refractivity contribution in [3.63, 3.8) is 0 Å². The van der Waals surface area contributed by atoms with Crippen LogP contribution in [0, 0.1) is 13.8 Å². The smallest absolute Gasteiger partial charge is 0.324 e. The van der Waals surface area contributed by atoms with E-state index in [0.29, 0.717) is 22.8 Å².